The first-order valence-electron chi connectivity index (χ1n) is 9.97. The number of amides is 1. The number of aromatic nitrogens is 2. The zero-order valence-corrected chi connectivity index (χ0v) is 17.3. The molecule has 3 heterocycles. The second-order valence-electron chi connectivity index (χ2n) is 8.01. The van der Waals surface area contributed by atoms with Gasteiger partial charge in [0.05, 0.1) is 17.9 Å². The van der Waals surface area contributed by atoms with Crippen LogP contribution in [0.15, 0.2) is 10.7 Å². The zero-order chi connectivity index (χ0) is 20.8. The van der Waals surface area contributed by atoms with Crippen LogP contribution in [0.1, 0.15) is 35.6 Å². The Morgan fingerprint density at radius 1 is 1.28 bits per heavy atom. The maximum atomic E-state index is 13.0. The molecule has 1 amide bonds. The molecule has 2 aliphatic heterocycles. The van der Waals surface area contributed by atoms with Gasteiger partial charge in [0.1, 0.15) is 11.5 Å². The van der Waals surface area contributed by atoms with Crippen LogP contribution in [0.5, 0.6) is 11.5 Å². The fourth-order valence-corrected chi connectivity index (χ4v) is 3.94. The largest absolute Gasteiger partial charge is 0.507 e. The van der Waals surface area contributed by atoms with Gasteiger partial charge in [0.25, 0.3) is 12.1 Å². The Kier molecular flexibility index (Phi) is 4.85. The van der Waals surface area contributed by atoms with E-state index in [1.807, 2.05) is 25.8 Å². The number of fused-ring (bicyclic) bond motifs is 1. The summed E-state index contributed by atoms with van der Waals surface area (Å²) in [5, 5.41) is 22.4. The van der Waals surface area contributed by atoms with E-state index >= 15 is 0 Å². The normalized spacial score (nSPS) is 21.4. The van der Waals surface area contributed by atoms with Gasteiger partial charge in [-0.05, 0) is 50.8 Å². The van der Waals surface area contributed by atoms with Crippen molar-refractivity contribution in [1.82, 2.24) is 10.6 Å². The molecule has 0 bridgehead atoms. The molecule has 29 heavy (non-hydrogen) atoms. The molecule has 2 aromatic rings. The summed E-state index contributed by atoms with van der Waals surface area (Å²) in [5.74, 6) is 0.987. The Bertz CT molecular complexity index is 951. The molecule has 9 nitrogen and oxygen atoms in total. The van der Waals surface area contributed by atoms with Crippen molar-refractivity contribution in [2.45, 2.75) is 46.1 Å². The number of ether oxygens (including phenoxy) is 1. The summed E-state index contributed by atoms with van der Waals surface area (Å²) in [6, 6.07) is 0. The molecular weight excluding hydrogens is 374 g/mol. The van der Waals surface area contributed by atoms with E-state index in [-0.39, 0.29) is 11.8 Å². The fraction of sp³-hybridized carbons (Fsp3) is 0.550. The minimum absolute atomic E-state index is 0.277. The van der Waals surface area contributed by atoms with Gasteiger partial charge in [-0.15, -0.1) is 0 Å². The van der Waals surface area contributed by atoms with E-state index in [9.17, 15) is 9.90 Å². The molecule has 0 spiro atoms. The minimum Gasteiger partial charge on any atom is -0.507 e. The van der Waals surface area contributed by atoms with Crippen molar-refractivity contribution in [3.63, 3.8) is 0 Å². The lowest BCUT2D eigenvalue weighted by Crippen LogP contribution is -2.64. The predicted molar refractivity (Wildman–Crippen MR) is 106 cm³/mol. The van der Waals surface area contributed by atoms with Crippen molar-refractivity contribution < 1.29 is 24.0 Å². The third kappa shape index (κ3) is 3.39. The third-order valence-corrected chi connectivity index (χ3v) is 6.08. The zero-order valence-electron chi connectivity index (χ0n) is 17.3. The first-order chi connectivity index (χ1) is 13.8. The van der Waals surface area contributed by atoms with Crippen molar-refractivity contribution in [1.29, 1.82) is 0 Å². The molecule has 1 unspecified atom stereocenters. The van der Waals surface area contributed by atoms with Gasteiger partial charge < -0.3 is 15.2 Å². The van der Waals surface area contributed by atoms with E-state index in [4.69, 9.17) is 9.26 Å². The van der Waals surface area contributed by atoms with Gasteiger partial charge in [-0.2, -0.15) is 5.01 Å². The van der Waals surface area contributed by atoms with Crippen LogP contribution in [0, 0.1) is 20.8 Å². The smallest absolute Gasteiger partial charge is 0.305 e. The number of carbonyl (C=O) groups is 1. The van der Waals surface area contributed by atoms with Crippen molar-refractivity contribution in [2.75, 3.05) is 36.5 Å². The summed E-state index contributed by atoms with van der Waals surface area (Å²) in [5.41, 5.74) is 2.38. The number of carbonyl (C=O) groups excluding carboxylic acids is 1. The molecular formula is C20H28N5O4+. The first-order valence-corrected chi connectivity index (χ1v) is 9.97. The van der Waals surface area contributed by atoms with Gasteiger partial charge >= 0.3 is 5.88 Å². The molecule has 1 saturated heterocycles. The summed E-state index contributed by atoms with van der Waals surface area (Å²) in [6.45, 7) is 10.8. The van der Waals surface area contributed by atoms with E-state index < -0.39 is 5.60 Å². The van der Waals surface area contributed by atoms with Crippen LogP contribution >= 0.6 is 0 Å². The number of nitrogens with one attached hydrogen (secondary N) is 2. The van der Waals surface area contributed by atoms with Gasteiger partial charge in [0, 0.05) is 25.1 Å². The highest BCUT2D eigenvalue weighted by atomic mass is 16.5. The van der Waals surface area contributed by atoms with Crippen LogP contribution in [0.3, 0.4) is 0 Å². The summed E-state index contributed by atoms with van der Waals surface area (Å²) in [6.07, 6.45) is 2.82. The monoisotopic (exact) mass is 402 g/mol. The van der Waals surface area contributed by atoms with Crippen LogP contribution in [-0.2, 0) is 11.2 Å². The number of rotatable bonds is 3. The van der Waals surface area contributed by atoms with E-state index in [1.54, 1.807) is 17.9 Å². The van der Waals surface area contributed by atoms with Crippen LogP contribution in [-0.4, -0.2) is 48.1 Å². The number of phenols is 1. The summed E-state index contributed by atoms with van der Waals surface area (Å²) in [4.78, 5) is 14.6. The minimum atomic E-state index is -1.04. The van der Waals surface area contributed by atoms with Crippen molar-refractivity contribution in [3.8, 4) is 11.5 Å². The summed E-state index contributed by atoms with van der Waals surface area (Å²) in [7, 11) is 0. The van der Waals surface area contributed by atoms with Crippen LogP contribution in [0.25, 0.3) is 0 Å². The van der Waals surface area contributed by atoms with Gasteiger partial charge in [0.2, 0.25) is 5.27 Å². The lowest BCUT2D eigenvalue weighted by atomic mass is 9.86. The van der Waals surface area contributed by atoms with Crippen molar-refractivity contribution in [2.24, 2.45) is 0 Å². The topological polar surface area (TPSA) is 104 Å². The Balaban J connectivity index is 1.52. The Labute approximate surface area is 169 Å². The van der Waals surface area contributed by atoms with Crippen molar-refractivity contribution in [3.05, 3.63) is 28.5 Å². The van der Waals surface area contributed by atoms with Gasteiger partial charge in [0.15, 0.2) is 5.60 Å². The van der Waals surface area contributed by atoms with Crippen LogP contribution < -0.4 is 25.2 Å². The maximum absolute atomic E-state index is 13.0. The second-order valence-corrected chi connectivity index (χ2v) is 8.01. The number of nitrogens with zero attached hydrogens (tertiary/aromatic N) is 3. The Morgan fingerprint density at radius 2 is 2.00 bits per heavy atom. The molecule has 156 valence electrons. The Hall–Kier alpha value is -2.81. The van der Waals surface area contributed by atoms with Crippen LogP contribution in [0.4, 0.5) is 5.88 Å². The van der Waals surface area contributed by atoms with E-state index in [2.05, 4.69) is 15.9 Å². The number of piperazine rings is 1. The first kappa shape index (κ1) is 19.5. The summed E-state index contributed by atoms with van der Waals surface area (Å²) >= 11 is 0. The predicted octanol–water partition coefficient (Wildman–Crippen LogP) is 0.857. The molecule has 1 fully saturated rings. The fourth-order valence-electron chi connectivity index (χ4n) is 3.94. The molecule has 0 aliphatic carbocycles. The van der Waals surface area contributed by atoms with E-state index in [1.165, 1.54) is 0 Å². The molecule has 2 aliphatic rings. The third-order valence-electron chi connectivity index (χ3n) is 6.08. The standard InChI is InChI=1S/C20H27N5O4/c1-12-13(2)18-15(14(3)17(12)26)5-6-20(4,28-18)19(27)22-16-11-25(23-29-16)24-9-7-21-8-10-24/h11,21H,5-10H2,1-4H3,(H-,22,23,26,27)/p+1. The SMILES string of the molecule is Cc1c(C)c2c(c(C)c1O)CCC(C)(C(=O)Nc1c[n+](N3CCNCC3)no1)O2. The number of hydrogen-bond donors (Lipinski definition) is 3. The maximum Gasteiger partial charge on any atom is 0.305 e. The van der Waals surface area contributed by atoms with Gasteiger partial charge in [-0.25, -0.2) is 0 Å². The second kappa shape index (κ2) is 7.22. The molecule has 1 atom stereocenters. The lowest BCUT2D eigenvalue weighted by molar-refractivity contribution is -0.758. The van der Waals surface area contributed by atoms with Crippen LogP contribution in [0.2, 0.25) is 0 Å². The molecule has 0 saturated carbocycles. The average Bonchev–Trinajstić information content (AvgIpc) is 3.20. The molecule has 3 N–H and O–H groups in total. The summed E-state index contributed by atoms with van der Waals surface area (Å²) < 4.78 is 11.5. The van der Waals surface area contributed by atoms with Gasteiger partial charge in [-0.3, -0.25) is 14.6 Å². The highest BCUT2D eigenvalue weighted by Gasteiger charge is 2.41. The number of anilines is 1. The highest BCUT2D eigenvalue weighted by molar-refractivity contribution is 5.96. The molecule has 9 heteroatoms. The number of hydrogen-bond acceptors (Lipinski definition) is 7. The number of aromatic hydroxyl groups is 1. The molecule has 4 rings (SSSR count). The number of phenolic OH excluding ortho intramolecular Hbond substituents is 1. The Morgan fingerprint density at radius 3 is 2.72 bits per heavy atom. The average molecular weight is 402 g/mol. The van der Waals surface area contributed by atoms with Crippen molar-refractivity contribution >= 4 is 11.8 Å². The lowest BCUT2D eigenvalue weighted by Gasteiger charge is -2.36. The number of benzene rings is 1. The molecule has 0 radical (unpaired) electrons. The molecule has 1 aromatic heterocycles. The quantitative estimate of drug-likeness (QED) is 0.654. The van der Waals surface area contributed by atoms with Gasteiger partial charge in [-0.1, -0.05) is 0 Å². The van der Waals surface area contributed by atoms with E-state index in [0.717, 1.165) is 48.4 Å². The van der Waals surface area contributed by atoms with E-state index in [0.29, 0.717) is 24.3 Å². The molecule has 1 aromatic carbocycles. The highest BCUT2D eigenvalue weighted by Crippen LogP contribution is 2.43.